The van der Waals surface area contributed by atoms with Gasteiger partial charge in [-0.15, -0.1) is 0 Å². The Morgan fingerprint density at radius 1 is 0.941 bits per heavy atom. The molecular weight excluding hydrogens is 222 g/mol. The molecule has 6 nitrogen and oxygen atoms in total. The van der Waals surface area contributed by atoms with Gasteiger partial charge in [-0.1, -0.05) is 5.16 Å². The predicted molar refractivity (Wildman–Crippen MR) is 63.1 cm³/mol. The Morgan fingerprint density at radius 2 is 1.41 bits per heavy atom. The predicted octanol–water partition coefficient (Wildman–Crippen LogP) is 0.0538. The molecule has 2 aromatic rings. The van der Waals surface area contributed by atoms with Crippen molar-refractivity contribution in [2.24, 2.45) is 5.16 Å². The fraction of sp³-hybridized carbons (Fsp3) is 0. The molecule has 90 valence electrons. The standard InChI is InChI=1S/C11H9N3O.2H2O/c15-14-11(9-3-1-5-12-7-9)10-4-2-6-13-8-10;;/h1-8,15H;2*1H2. The Labute approximate surface area is 97.9 Å². The number of hydrogen-bond acceptors (Lipinski definition) is 4. The zero-order valence-electron chi connectivity index (χ0n) is 8.91. The fourth-order valence-corrected chi connectivity index (χ4v) is 1.29. The minimum absolute atomic E-state index is 0. The van der Waals surface area contributed by atoms with Crippen molar-refractivity contribution in [2.75, 3.05) is 0 Å². The van der Waals surface area contributed by atoms with E-state index in [1.165, 1.54) is 0 Å². The first-order chi connectivity index (χ1) is 7.42. The molecule has 0 saturated carbocycles. The Hall–Kier alpha value is -2.31. The molecule has 0 radical (unpaired) electrons. The van der Waals surface area contributed by atoms with Gasteiger partial charge in [-0.25, -0.2) is 0 Å². The first kappa shape index (κ1) is 14.7. The van der Waals surface area contributed by atoms with Gasteiger partial charge in [-0.3, -0.25) is 9.97 Å². The zero-order valence-corrected chi connectivity index (χ0v) is 8.91. The maximum absolute atomic E-state index is 8.97. The van der Waals surface area contributed by atoms with E-state index in [-0.39, 0.29) is 11.0 Å². The third kappa shape index (κ3) is 3.33. The van der Waals surface area contributed by atoms with Crippen LogP contribution in [0, 0.1) is 0 Å². The van der Waals surface area contributed by atoms with Crippen molar-refractivity contribution in [3.8, 4) is 0 Å². The lowest BCUT2D eigenvalue weighted by Crippen LogP contribution is -2.03. The summed E-state index contributed by atoms with van der Waals surface area (Å²) in [5, 5.41) is 12.2. The molecule has 0 unspecified atom stereocenters. The van der Waals surface area contributed by atoms with Gasteiger partial charge >= 0.3 is 0 Å². The number of rotatable bonds is 2. The Bertz CT molecular complexity index is 418. The van der Waals surface area contributed by atoms with Crippen molar-refractivity contribution >= 4 is 5.71 Å². The molecule has 0 bridgehead atoms. The van der Waals surface area contributed by atoms with Crippen LogP contribution in [0.3, 0.4) is 0 Å². The van der Waals surface area contributed by atoms with E-state index in [9.17, 15) is 0 Å². The molecule has 0 spiro atoms. The molecule has 2 aromatic heterocycles. The van der Waals surface area contributed by atoms with Gasteiger partial charge in [0.2, 0.25) is 0 Å². The highest BCUT2D eigenvalue weighted by atomic mass is 16.4. The summed E-state index contributed by atoms with van der Waals surface area (Å²) < 4.78 is 0. The lowest BCUT2D eigenvalue weighted by Gasteiger charge is -2.02. The van der Waals surface area contributed by atoms with Crippen LogP contribution in [0.1, 0.15) is 11.1 Å². The molecule has 0 aliphatic heterocycles. The summed E-state index contributed by atoms with van der Waals surface area (Å²) in [4.78, 5) is 7.93. The van der Waals surface area contributed by atoms with Crippen molar-refractivity contribution < 1.29 is 16.2 Å². The molecule has 5 N–H and O–H groups in total. The molecule has 0 aromatic carbocycles. The highest BCUT2D eigenvalue weighted by Crippen LogP contribution is 2.07. The number of oxime groups is 1. The summed E-state index contributed by atoms with van der Waals surface area (Å²) in [6.45, 7) is 0. The fourth-order valence-electron chi connectivity index (χ4n) is 1.29. The van der Waals surface area contributed by atoms with Gasteiger partial charge in [-0.2, -0.15) is 0 Å². The first-order valence-electron chi connectivity index (χ1n) is 4.44. The van der Waals surface area contributed by atoms with Crippen LogP contribution in [-0.2, 0) is 0 Å². The van der Waals surface area contributed by atoms with Crippen molar-refractivity contribution in [3.05, 3.63) is 60.2 Å². The molecule has 0 saturated heterocycles. The summed E-state index contributed by atoms with van der Waals surface area (Å²) in [7, 11) is 0. The number of aromatic nitrogens is 2. The van der Waals surface area contributed by atoms with E-state index in [1.807, 2.05) is 12.1 Å². The van der Waals surface area contributed by atoms with E-state index in [2.05, 4.69) is 15.1 Å². The molecule has 0 aliphatic rings. The van der Waals surface area contributed by atoms with Gasteiger partial charge in [0.1, 0.15) is 5.71 Å². The van der Waals surface area contributed by atoms with E-state index in [4.69, 9.17) is 5.21 Å². The number of hydrogen-bond donors (Lipinski definition) is 1. The molecule has 17 heavy (non-hydrogen) atoms. The van der Waals surface area contributed by atoms with Crippen LogP contribution >= 0.6 is 0 Å². The molecule has 2 rings (SSSR count). The SMILES string of the molecule is O.O.ON=C(c1cccnc1)c1cccnc1. The lowest BCUT2D eigenvalue weighted by atomic mass is 10.1. The van der Waals surface area contributed by atoms with Gasteiger partial charge in [0.25, 0.3) is 0 Å². The van der Waals surface area contributed by atoms with Gasteiger partial charge in [0.05, 0.1) is 0 Å². The Morgan fingerprint density at radius 3 is 1.71 bits per heavy atom. The second kappa shape index (κ2) is 7.04. The van der Waals surface area contributed by atoms with E-state index in [0.717, 1.165) is 11.1 Å². The van der Waals surface area contributed by atoms with Crippen LogP contribution in [0.4, 0.5) is 0 Å². The van der Waals surface area contributed by atoms with E-state index >= 15 is 0 Å². The Kier molecular flexibility index (Phi) is 6.09. The minimum atomic E-state index is 0. The van der Waals surface area contributed by atoms with Gasteiger partial charge in [0.15, 0.2) is 0 Å². The van der Waals surface area contributed by atoms with Crippen LogP contribution in [0.5, 0.6) is 0 Å². The quantitative estimate of drug-likeness (QED) is 0.449. The molecule has 2 heterocycles. The van der Waals surface area contributed by atoms with Gasteiger partial charge in [0, 0.05) is 35.9 Å². The highest BCUT2D eigenvalue weighted by Gasteiger charge is 2.06. The van der Waals surface area contributed by atoms with Crippen molar-refractivity contribution in [1.82, 2.24) is 9.97 Å². The van der Waals surface area contributed by atoms with Crippen LogP contribution < -0.4 is 0 Å². The second-order valence-electron chi connectivity index (χ2n) is 2.93. The largest absolute Gasteiger partial charge is 0.412 e. The smallest absolute Gasteiger partial charge is 0.120 e. The monoisotopic (exact) mass is 235 g/mol. The summed E-state index contributed by atoms with van der Waals surface area (Å²) in [5.74, 6) is 0. The molecule has 0 atom stereocenters. The summed E-state index contributed by atoms with van der Waals surface area (Å²) in [5.41, 5.74) is 1.98. The maximum atomic E-state index is 8.97. The zero-order chi connectivity index (χ0) is 10.5. The number of nitrogens with zero attached hydrogens (tertiary/aromatic N) is 3. The Balaban J connectivity index is 0.00000128. The summed E-state index contributed by atoms with van der Waals surface area (Å²) in [6, 6.07) is 7.23. The summed E-state index contributed by atoms with van der Waals surface area (Å²) >= 11 is 0. The normalized spacial score (nSPS) is 8.47. The average Bonchev–Trinajstić information content (AvgIpc) is 2.33. The second-order valence-corrected chi connectivity index (χ2v) is 2.93. The maximum Gasteiger partial charge on any atom is 0.120 e. The van der Waals surface area contributed by atoms with Gasteiger partial charge in [-0.05, 0) is 24.3 Å². The van der Waals surface area contributed by atoms with Crippen molar-refractivity contribution in [1.29, 1.82) is 0 Å². The molecular formula is C11H13N3O3. The van der Waals surface area contributed by atoms with Crippen LogP contribution in [-0.4, -0.2) is 31.8 Å². The molecule has 0 fully saturated rings. The summed E-state index contributed by atoms with van der Waals surface area (Å²) in [6.07, 6.45) is 6.62. The third-order valence-electron chi connectivity index (χ3n) is 1.97. The van der Waals surface area contributed by atoms with Crippen molar-refractivity contribution in [3.63, 3.8) is 0 Å². The molecule has 0 aliphatic carbocycles. The van der Waals surface area contributed by atoms with Crippen LogP contribution in [0.2, 0.25) is 0 Å². The first-order valence-corrected chi connectivity index (χ1v) is 4.44. The van der Waals surface area contributed by atoms with Crippen LogP contribution in [0.15, 0.2) is 54.2 Å². The van der Waals surface area contributed by atoms with Gasteiger partial charge < -0.3 is 16.2 Å². The lowest BCUT2D eigenvalue weighted by molar-refractivity contribution is 0.319. The average molecular weight is 235 g/mol. The van der Waals surface area contributed by atoms with E-state index in [0.29, 0.717) is 5.71 Å². The molecule has 6 heteroatoms. The van der Waals surface area contributed by atoms with E-state index in [1.54, 1.807) is 36.9 Å². The third-order valence-corrected chi connectivity index (χ3v) is 1.97. The highest BCUT2D eigenvalue weighted by molar-refractivity contribution is 6.12. The topological polar surface area (TPSA) is 121 Å². The van der Waals surface area contributed by atoms with Crippen LogP contribution in [0.25, 0.3) is 0 Å². The minimum Gasteiger partial charge on any atom is -0.412 e. The molecule has 0 amide bonds. The van der Waals surface area contributed by atoms with Crippen molar-refractivity contribution in [2.45, 2.75) is 0 Å². The number of pyridine rings is 2. The van der Waals surface area contributed by atoms with E-state index < -0.39 is 0 Å².